The quantitative estimate of drug-likeness (QED) is 0.867. The Morgan fingerprint density at radius 1 is 1.10 bits per heavy atom. The minimum atomic E-state index is 0. The van der Waals surface area contributed by atoms with Crippen LogP contribution in [-0.2, 0) is 13.2 Å². The normalized spacial score (nSPS) is 9.86. The van der Waals surface area contributed by atoms with Crippen LogP contribution in [0.4, 0.5) is 0 Å². The number of rotatable bonds is 6. The standard InChI is InChI=1S/C16H18ClNO2.ClH/c1-18-10-13-4-3-5-15(19-2)16(13)20-11-12-6-8-14(17)9-7-12;/h3-9,18H,10-11H2,1-2H3;1H. The zero-order valence-corrected chi connectivity index (χ0v) is 13.6. The second kappa shape index (κ2) is 8.78. The van der Waals surface area contributed by atoms with Crippen LogP contribution in [0.25, 0.3) is 0 Å². The fraction of sp³-hybridized carbons (Fsp3) is 0.250. The van der Waals surface area contributed by atoms with Gasteiger partial charge in [-0.2, -0.15) is 0 Å². The summed E-state index contributed by atoms with van der Waals surface area (Å²) >= 11 is 5.87. The lowest BCUT2D eigenvalue weighted by molar-refractivity contribution is 0.281. The average molecular weight is 328 g/mol. The SMILES string of the molecule is CNCc1cccc(OC)c1OCc1ccc(Cl)cc1.Cl. The van der Waals surface area contributed by atoms with Crippen LogP contribution in [0.5, 0.6) is 11.5 Å². The molecule has 0 amide bonds. The van der Waals surface area contributed by atoms with Gasteiger partial charge in [0.1, 0.15) is 6.61 Å². The number of halogens is 2. The van der Waals surface area contributed by atoms with Crippen LogP contribution in [0.3, 0.4) is 0 Å². The van der Waals surface area contributed by atoms with E-state index in [9.17, 15) is 0 Å². The molecule has 0 saturated heterocycles. The van der Waals surface area contributed by atoms with E-state index in [1.54, 1.807) is 7.11 Å². The first kappa shape index (κ1) is 17.6. The number of para-hydroxylation sites is 1. The molecule has 0 atom stereocenters. The van der Waals surface area contributed by atoms with Crippen molar-refractivity contribution in [1.29, 1.82) is 0 Å². The average Bonchev–Trinajstić information content (AvgIpc) is 2.47. The zero-order chi connectivity index (χ0) is 14.4. The second-order valence-electron chi connectivity index (χ2n) is 4.39. The van der Waals surface area contributed by atoms with Gasteiger partial charge in [0.2, 0.25) is 0 Å². The Labute approximate surface area is 136 Å². The number of benzene rings is 2. The number of nitrogens with one attached hydrogen (secondary N) is 1. The van der Waals surface area contributed by atoms with Gasteiger partial charge in [-0.05, 0) is 30.8 Å². The maximum absolute atomic E-state index is 5.93. The Balaban J connectivity index is 0.00000220. The molecule has 0 aliphatic rings. The third-order valence-corrected chi connectivity index (χ3v) is 3.20. The van der Waals surface area contributed by atoms with Crippen molar-refractivity contribution in [2.45, 2.75) is 13.2 Å². The van der Waals surface area contributed by atoms with Gasteiger partial charge in [-0.3, -0.25) is 0 Å². The third-order valence-electron chi connectivity index (χ3n) is 2.94. The lowest BCUT2D eigenvalue weighted by Gasteiger charge is -2.15. The highest BCUT2D eigenvalue weighted by atomic mass is 35.5. The van der Waals surface area contributed by atoms with Crippen LogP contribution in [0.2, 0.25) is 5.02 Å². The lowest BCUT2D eigenvalue weighted by Crippen LogP contribution is -2.08. The molecule has 0 saturated carbocycles. The molecule has 5 heteroatoms. The topological polar surface area (TPSA) is 30.5 Å². The summed E-state index contributed by atoms with van der Waals surface area (Å²) < 4.78 is 11.3. The van der Waals surface area contributed by atoms with E-state index in [2.05, 4.69) is 5.32 Å². The van der Waals surface area contributed by atoms with Crippen molar-refractivity contribution in [2.24, 2.45) is 0 Å². The number of ether oxygens (including phenoxy) is 2. The highest BCUT2D eigenvalue weighted by Gasteiger charge is 2.10. The molecule has 0 aliphatic heterocycles. The number of hydrogen-bond donors (Lipinski definition) is 1. The van der Waals surface area contributed by atoms with E-state index in [-0.39, 0.29) is 12.4 Å². The molecule has 3 nitrogen and oxygen atoms in total. The molecule has 0 fully saturated rings. The Morgan fingerprint density at radius 2 is 1.81 bits per heavy atom. The minimum absolute atomic E-state index is 0. The van der Waals surface area contributed by atoms with Crippen LogP contribution in [0, 0.1) is 0 Å². The Hall–Kier alpha value is -1.42. The minimum Gasteiger partial charge on any atom is -0.493 e. The monoisotopic (exact) mass is 327 g/mol. The first-order valence-corrected chi connectivity index (χ1v) is 6.80. The molecular formula is C16H19Cl2NO2. The largest absolute Gasteiger partial charge is 0.493 e. The summed E-state index contributed by atoms with van der Waals surface area (Å²) in [6, 6.07) is 13.5. The maximum atomic E-state index is 5.93. The Bertz CT molecular complexity index is 559. The molecule has 0 bridgehead atoms. The van der Waals surface area contributed by atoms with E-state index in [0.29, 0.717) is 6.61 Å². The molecule has 0 aromatic heterocycles. The van der Waals surface area contributed by atoms with Gasteiger partial charge in [0.15, 0.2) is 11.5 Å². The first-order chi connectivity index (χ1) is 9.74. The molecule has 0 aliphatic carbocycles. The Morgan fingerprint density at radius 3 is 2.43 bits per heavy atom. The fourth-order valence-corrected chi connectivity index (χ4v) is 2.08. The smallest absolute Gasteiger partial charge is 0.166 e. The van der Waals surface area contributed by atoms with E-state index in [1.807, 2.05) is 49.5 Å². The van der Waals surface area contributed by atoms with Crippen LogP contribution >= 0.6 is 24.0 Å². The molecule has 0 heterocycles. The molecular weight excluding hydrogens is 309 g/mol. The molecule has 2 rings (SSSR count). The van der Waals surface area contributed by atoms with E-state index in [4.69, 9.17) is 21.1 Å². The summed E-state index contributed by atoms with van der Waals surface area (Å²) in [4.78, 5) is 0. The van der Waals surface area contributed by atoms with Crippen molar-refractivity contribution < 1.29 is 9.47 Å². The van der Waals surface area contributed by atoms with Crippen LogP contribution in [0.1, 0.15) is 11.1 Å². The second-order valence-corrected chi connectivity index (χ2v) is 4.83. The van der Waals surface area contributed by atoms with Crippen molar-refractivity contribution in [1.82, 2.24) is 5.32 Å². The van der Waals surface area contributed by atoms with Gasteiger partial charge in [0, 0.05) is 17.1 Å². The molecule has 2 aromatic rings. The van der Waals surface area contributed by atoms with Crippen LogP contribution in [0.15, 0.2) is 42.5 Å². The van der Waals surface area contributed by atoms with Gasteiger partial charge >= 0.3 is 0 Å². The first-order valence-electron chi connectivity index (χ1n) is 6.42. The maximum Gasteiger partial charge on any atom is 0.166 e. The highest BCUT2D eigenvalue weighted by Crippen LogP contribution is 2.31. The third kappa shape index (κ3) is 4.81. The summed E-state index contributed by atoms with van der Waals surface area (Å²) in [5.41, 5.74) is 2.14. The van der Waals surface area contributed by atoms with Crippen molar-refractivity contribution in [3.63, 3.8) is 0 Å². The molecule has 1 N–H and O–H groups in total. The van der Waals surface area contributed by atoms with Gasteiger partial charge in [0.25, 0.3) is 0 Å². The van der Waals surface area contributed by atoms with E-state index >= 15 is 0 Å². The number of hydrogen-bond acceptors (Lipinski definition) is 3. The predicted molar refractivity (Wildman–Crippen MR) is 88.8 cm³/mol. The van der Waals surface area contributed by atoms with Gasteiger partial charge in [-0.15, -0.1) is 12.4 Å². The molecule has 114 valence electrons. The molecule has 21 heavy (non-hydrogen) atoms. The fourth-order valence-electron chi connectivity index (χ4n) is 1.95. The lowest BCUT2D eigenvalue weighted by atomic mass is 10.2. The summed E-state index contributed by atoms with van der Waals surface area (Å²) in [6.07, 6.45) is 0. The van der Waals surface area contributed by atoms with Crippen LogP contribution < -0.4 is 14.8 Å². The summed E-state index contributed by atoms with van der Waals surface area (Å²) in [5, 5.41) is 3.85. The zero-order valence-electron chi connectivity index (χ0n) is 12.1. The van der Waals surface area contributed by atoms with E-state index in [1.165, 1.54) is 0 Å². The van der Waals surface area contributed by atoms with Gasteiger partial charge in [-0.1, -0.05) is 35.9 Å². The van der Waals surface area contributed by atoms with E-state index < -0.39 is 0 Å². The van der Waals surface area contributed by atoms with Gasteiger partial charge in [0.05, 0.1) is 7.11 Å². The molecule has 0 unspecified atom stereocenters. The van der Waals surface area contributed by atoms with E-state index in [0.717, 1.165) is 34.2 Å². The predicted octanol–water partition coefficient (Wildman–Crippen LogP) is 4.07. The van der Waals surface area contributed by atoms with Gasteiger partial charge < -0.3 is 14.8 Å². The summed E-state index contributed by atoms with van der Waals surface area (Å²) in [7, 11) is 3.55. The van der Waals surface area contributed by atoms with Crippen LogP contribution in [-0.4, -0.2) is 14.2 Å². The Kier molecular flexibility index (Phi) is 7.37. The van der Waals surface area contributed by atoms with Gasteiger partial charge in [-0.25, -0.2) is 0 Å². The van der Waals surface area contributed by atoms with Crippen molar-refractivity contribution in [3.05, 3.63) is 58.6 Å². The molecule has 2 aromatic carbocycles. The highest BCUT2D eigenvalue weighted by molar-refractivity contribution is 6.30. The molecule has 0 radical (unpaired) electrons. The molecule has 0 spiro atoms. The van der Waals surface area contributed by atoms with Crippen molar-refractivity contribution >= 4 is 24.0 Å². The summed E-state index contributed by atoms with van der Waals surface area (Å²) in [6.45, 7) is 1.21. The number of methoxy groups -OCH3 is 1. The van der Waals surface area contributed by atoms with Crippen molar-refractivity contribution in [3.8, 4) is 11.5 Å². The van der Waals surface area contributed by atoms with Crippen molar-refractivity contribution in [2.75, 3.05) is 14.2 Å². The summed E-state index contributed by atoms with van der Waals surface area (Å²) in [5.74, 6) is 1.52.